The highest BCUT2D eigenvalue weighted by atomic mass is 16.5. The number of rotatable bonds is 10. The number of furan rings is 1. The number of methoxy groups -OCH3 is 1. The van der Waals surface area contributed by atoms with Gasteiger partial charge < -0.3 is 24.1 Å². The van der Waals surface area contributed by atoms with Crippen LogP contribution in [0.2, 0.25) is 0 Å². The van der Waals surface area contributed by atoms with Crippen molar-refractivity contribution in [3.8, 4) is 11.5 Å². The zero-order valence-corrected chi connectivity index (χ0v) is 18.9. The topological polar surface area (TPSA) is 81.0 Å². The highest BCUT2D eigenvalue weighted by Crippen LogP contribution is 2.31. The van der Waals surface area contributed by atoms with E-state index in [0.717, 1.165) is 29.7 Å². The van der Waals surface area contributed by atoms with E-state index in [2.05, 4.69) is 12.2 Å². The van der Waals surface area contributed by atoms with Crippen LogP contribution in [0.4, 0.5) is 5.69 Å². The van der Waals surface area contributed by atoms with Crippen LogP contribution in [0.15, 0.2) is 59.2 Å². The minimum atomic E-state index is -0.336. The second-order valence-corrected chi connectivity index (χ2v) is 7.93. The first kappa shape index (κ1) is 22.5. The second-order valence-electron chi connectivity index (χ2n) is 7.93. The van der Waals surface area contributed by atoms with E-state index in [9.17, 15) is 9.59 Å². The van der Waals surface area contributed by atoms with Crippen molar-refractivity contribution in [3.63, 3.8) is 0 Å². The van der Waals surface area contributed by atoms with Gasteiger partial charge >= 0.3 is 0 Å². The number of benzene rings is 2. The molecule has 172 valence electrons. The van der Waals surface area contributed by atoms with Gasteiger partial charge in [0, 0.05) is 17.8 Å². The van der Waals surface area contributed by atoms with Crippen LogP contribution in [0, 0.1) is 0 Å². The van der Waals surface area contributed by atoms with E-state index in [-0.39, 0.29) is 24.1 Å². The molecule has 0 fully saturated rings. The third kappa shape index (κ3) is 5.03. The number of carbonyl (C=O) groups is 2. The molecule has 2 amide bonds. The number of carbonyl (C=O) groups excluding carboxylic acids is 2. The van der Waals surface area contributed by atoms with Crippen molar-refractivity contribution < 1.29 is 23.5 Å². The highest BCUT2D eigenvalue weighted by molar-refractivity contribution is 6.01. The SMILES string of the molecule is CCCCOc1ccc(CNC(=O)c2occc2CN2C(=O)Cc3ccccc32)cc1OC. The van der Waals surface area contributed by atoms with Crippen LogP contribution in [-0.4, -0.2) is 25.5 Å². The van der Waals surface area contributed by atoms with Gasteiger partial charge in [-0.2, -0.15) is 0 Å². The lowest BCUT2D eigenvalue weighted by molar-refractivity contribution is -0.117. The Morgan fingerprint density at radius 3 is 2.82 bits per heavy atom. The van der Waals surface area contributed by atoms with Crippen molar-refractivity contribution >= 4 is 17.5 Å². The number of para-hydroxylation sites is 1. The summed E-state index contributed by atoms with van der Waals surface area (Å²) in [4.78, 5) is 27.0. The zero-order valence-electron chi connectivity index (χ0n) is 18.9. The molecule has 1 aromatic heterocycles. The summed E-state index contributed by atoms with van der Waals surface area (Å²) < 4.78 is 16.7. The summed E-state index contributed by atoms with van der Waals surface area (Å²) in [6.45, 7) is 3.33. The van der Waals surface area contributed by atoms with Crippen molar-refractivity contribution in [2.24, 2.45) is 0 Å². The Morgan fingerprint density at radius 1 is 1.15 bits per heavy atom. The summed E-state index contributed by atoms with van der Waals surface area (Å²) in [5, 5.41) is 2.89. The van der Waals surface area contributed by atoms with Crippen LogP contribution in [0.1, 0.15) is 47.0 Å². The van der Waals surface area contributed by atoms with Crippen molar-refractivity contribution in [2.75, 3.05) is 18.6 Å². The molecule has 2 aromatic carbocycles. The molecule has 33 heavy (non-hydrogen) atoms. The number of hydrogen-bond acceptors (Lipinski definition) is 5. The molecule has 3 aromatic rings. The van der Waals surface area contributed by atoms with Gasteiger partial charge in [0.15, 0.2) is 17.3 Å². The van der Waals surface area contributed by atoms with E-state index in [4.69, 9.17) is 13.9 Å². The summed E-state index contributed by atoms with van der Waals surface area (Å²) in [5.41, 5.74) is 3.41. The average Bonchev–Trinajstić information content (AvgIpc) is 3.42. The fraction of sp³-hybridized carbons (Fsp3) is 0.308. The number of ether oxygens (including phenoxy) is 2. The number of nitrogens with zero attached hydrogens (tertiary/aromatic N) is 1. The molecule has 7 nitrogen and oxygen atoms in total. The quantitative estimate of drug-likeness (QED) is 0.463. The Balaban J connectivity index is 1.40. The molecule has 1 aliphatic rings. The maximum Gasteiger partial charge on any atom is 0.287 e. The number of fused-ring (bicyclic) bond motifs is 1. The first-order valence-corrected chi connectivity index (χ1v) is 11.1. The summed E-state index contributed by atoms with van der Waals surface area (Å²) in [7, 11) is 1.59. The van der Waals surface area contributed by atoms with E-state index < -0.39 is 0 Å². The van der Waals surface area contributed by atoms with Crippen LogP contribution >= 0.6 is 0 Å². The second kappa shape index (κ2) is 10.3. The van der Waals surface area contributed by atoms with Crippen LogP contribution in [0.3, 0.4) is 0 Å². The summed E-state index contributed by atoms with van der Waals surface area (Å²) in [6.07, 6.45) is 3.87. The molecular weight excluding hydrogens is 420 g/mol. The van der Waals surface area contributed by atoms with Gasteiger partial charge in [-0.3, -0.25) is 9.59 Å². The van der Waals surface area contributed by atoms with Crippen molar-refractivity contribution in [1.82, 2.24) is 5.32 Å². The number of unbranched alkanes of at least 4 members (excludes halogenated alkanes) is 1. The Morgan fingerprint density at radius 2 is 2.00 bits per heavy atom. The van der Waals surface area contributed by atoms with E-state index in [1.54, 1.807) is 18.1 Å². The summed E-state index contributed by atoms with van der Waals surface area (Å²) >= 11 is 0. The highest BCUT2D eigenvalue weighted by Gasteiger charge is 2.28. The van der Waals surface area contributed by atoms with Crippen LogP contribution in [0.25, 0.3) is 0 Å². The molecule has 4 rings (SSSR count). The van der Waals surface area contributed by atoms with E-state index in [1.165, 1.54) is 6.26 Å². The Bertz CT molecular complexity index is 1140. The minimum absolute atomic E-state index is 0.0112. The predicted molar refractivity (Wildman–Crippen MR) is 125 cm³/mol. The monoisotopic (exact) mass is 448 g/mol. The average molecular weight is 449 g/mol. The van der Waals surface area contributed by atoms with E-state index >= 15 is 0 Å². The molecular formula is C26H28N2O5. The van der Waals surface area contributed by atoms with Crippen molar-refractivity contribution in [2.45, 2.75) is 39.3 Å². The zero-order chi connectivity index (χ0) is 23.2. The number of hydrogen-bond donors (Lipinski definition) is 1. The lowest BCUT2D eigenvalue weighted by atomic mass is 10.1. The Kier molecular flexibility index (Phi) is 6.98. The predicted octanol–water partition coefficient (Wildman–Crippen LogP) is 4.49. The Labute approximate surface area is 193 Å². The van der Waals surface area contributed by atoms with Gasteiger partial charge in [-0.25, -0.2) is 0 Å². The van der Waals surface area contributed by atoms with Crippen molar-refractivity contribution in [3.05, 3.63) is 77.2 Å². The maximum atomic E-state index is 12.8. The smallest absolute Gasteiger partial charge is 0.287 e. The molecule has 0 unspecified atom stereocenters. The third-order valence-corrected chi connectivity index (χ3v) is 5.64. The van der Waals surface area contributed by atoms with Gasteiger partial charge in [0.25, 0.3) is 5.91 Å². The van der Waals surface area contributed by atoms with E-state index in [1.807, 2.05) is 42.5 Å². The molecule has 0 spiro atoms. The third-order valence-electron chi connectivity index (χ3n) is 5.64. The number of anilines is 1. The molecule has 0 saturated carbocycles. The van der Waals surface area contributed by atoms with Gasteiger partial charge in [0.2, 0.25) is 5.91 Å². The molecule has 0 bridgehead atoms. The van der Waals surface area contributed by atoms with Crippen LogP contribution in [-0.2, 0) is 24.3 Å². The molecule has 0 radical (unpaired) electrons. The lowest BCUT2D eigenvalue weighted by Gasteiger charge is -2.17. The fourth-order valence-electron chi connectivity index (χ4n) is 3.85. The molecule has 0 aliphatic carbocycles. The number of amides is 2. The normalized spacial score (nSPS) is 12.5. The molecule has 1 aliphatic heterocycles. The summed E-state index contributed by atoms with van der Waals surface area (Å²) in [5.74, 6) is 1.19. The molecule has 0 atom stereocenters. The summed E-state index contributed by atoms with van der Waals surface area (Å²) in [6, 6.07) is 15.0. The maximum absolute atomic E-state index is 12.8. The Hall–Kier alpha value is -3.74. The van der Waals surface area contributed by atoms with Gasteiger partial charge in [-0.1, -0.05) is 37.6 Å². The number of nitrogens with one attached hydrogen (secondary N) is 1. The van der Waals surface area contributed by atoms with Crippen LogP contribution in [0.5, 0.6) is 11.5 Å². The molecule has 1 N–H and O–H groups in total. The van der Waals surface area contributed by atoms with Gasteiger partial charge in [0.1, 0.15) is 0 Å². The van der Waals surface area contributed by atoms with Gasteiger partial charge in [0.05, 0.1) is 32.9 Å². The van der Waals surface area contributed by atoms with Crippen LogP contribution < -0.4 is 19.7 Å². The molecule has 7 heteroatoms. The minimum Gasteiger partial charge on any atom is -0.493 e. The molecule has 2 heterocycles. The van der Waals surface area contributed by atoms with E-state index in [0.29, 0.717) is 36.6 Å². The largest absolute Gasteiger partial charge is 0.493 e. The first-order chi connectivity index (χ1) is 16.1. The first-order valence-electron chi connectivity index (χ1n) is 11.1. The van der Waals surface area contributed by atoms with Crippen molar-refractivity contribution in [1.29, 1.82) is 0 Å². The van der Waals surface area contributed by atoms with Gasteiger partial charge in [-0.15, -0.1) is 0 Å². The lowest BCUT2D eigenvalue weighted by Crippen LogP contribution is -2.28. The van der Waals surface area contributed by atoms with Gasteiger partial charge in [-0.05, 0) is 41.8 Å². The standard InChI is InChI=1S/C26H28N2O5/c1-3-4-12-32-22-10-9-18(14-23(22)31-2)16-27-26(30)25-20(11-13-33-25)17-28-21-8-6-5-7-19(21)15-24(28)29/h5-11,13-14H,3-4,12,15-17H2,1-2H3,(H,27,30). The fourth-order valence-corrected chi connectivity index (χ4v) is 3.85. The molecule has 0 saturated heterocycles.